The first-order chi connectivity index (χ1) is 17.3. The summed E-state index contributed by atoms with van der Waals surface area (Å²) in [6.07, 6.45) is 3.56. The molecule has 182 valence electrons. The fourth-order valence-electron chi connectivity index (χ4n) is 4.60. The number of aromatic nitrogens is 3. The first kappa shape index (κ1) is 23.5. The highest BCUT2D eigenvalue weighted by Crippen LogP contribution is 2.33. The van der Waals surface area contributed by atoms with E-state index in [0.29, 0.717) is 34.0 Å². The lowest BCUT2D eigenvalue weighted by atomic mass is 9.94. The molecule has 0 amide bonds. The number of fused-ring (bicyclic) bond motifs is 3. The second-order valence-corrected chi connectivity index (χ2v) is 10.1. The van der Waals surface area contributed by atoms with E-state index in [9.17, 15) is 18.0 Å². The Bertz CT molecular complexity index is 1800. The van der Waals surface area contributed by atoms with Crippen LogP contribution in [0.15, 0.2) is 82.7 Å². The Kier molecular flexibility index (Phi) is 5.72. The molecule has 0 N–H and O–H groups in total. The Hall–Kier alpha value is -4.24. The lowest BCUT2D eigenvalue weighted by molar-refractivity contribution is 0.0600. The number of methoxy groups -OCH3 is 1. The molecule has 3 heterocycles. The third-order valence-electron chi connectivity index (χ3n) is 6.39. The Balaban J connectivity index is 1.81. The predicted octanol–water partition coefficient (Wildman–Crippen LogP) is 4.14. The van der Waals surface area contributed by atoms with Crippen molar-refractivity contribution in [2.45, 2.75) is 18.2 Å². The van der Waals surface area contributed by atoms with Crippen molar-refractivity contribution in [1.29, 1.82) is 0 Å². The number of esters is 1. The van der Waals surface area contributed by atoms with Crippen molar-refractivity contribution in [3.63, 3.8) is 0 Å². The van der Waals surface area contributed by atoms with Crippen LogP contribution < -0.4 is 5.56 Å². The van der Waals surface area contributed by atoms with Crippen LogP contribution in [0.2, 0.25) is 0 Å². The molecule has 0 aliphatic rings. The quantitative estimate of drug-likeness (QED) is 0.336. The Morgan fingerprint density at radius 3 is 2.36 bits per heavy atom. The minimum atomic E-state index is -3.86. The van der Waals surface area contributed by atoms with Crippen LogP contribution in [-0.4, -0.2) is 35.0 Å². The zero-order valence-corrected chi connectivity index (χ0v) is 20.7. The average molecular weight is 502 g/mol. The number of pyridine rings is 2. The van der Waals surface area contributed by atoms with Crippen LogP contribution in [0.4, 0.5) is 0 Å². The summed E-state index contributed by atoms with van der Waals surface area (Å²) < 4.78 is 34.2. The topological polar surface area (TPSA) is 100 Å². The second-order valence-electron chi connectivity index (χ2n) is 8.33. The second kappa shape index (κ2) is 8.76. The van der Waals surface area contributed by atoms with Gasteiger partial charge in [-0.2, -0.15) is 0 Å². The van der Waals surface area contributed by atoms with E-state index in [4.69, 9.17) is 4.74 Å². The van der Waals surface area contributed by atoms with E-state index in [1.165, 1.54) is 21.8 Å². The van der Waals surface area contributed by atoms with Crippen LogP contribution in [0.3, 0.4) is 0 Å². The van der Waals surface area contributed by atoms with Crippen molar-refractivity contribution in [2.75, 3.05) is 7.11 Å². The number of nitrogens with zero attached hydrogens (tertiary/aromatic N) is 3. The molecule has 2 aromatic carbocycles. The standard InChI is InChI=1S/C27H23N3O5S/c1-4-20-23(17-10-12-18(13-11-17)27(32)35-3)26(31)29(2)22-16-28-25-21(24(20)22)14-15-30(25)36(33,34)19-8-6-5-7-9-19/h5-16H,4H2,1-3H3. The largest absolute Gasteiger partial charge is 0.465 e. The lowest BCUT2D eigenvalue weighted by Crippen LogP contribution is -2.22. The first-order valence-corrected chi connectivity index (χ1v) is 12.7. The molecule has 0 saturated heterocycles. The minimum Gasteiger partial charge on any atom is -0.465 e. The Morgan fingerprint density at radius 2 is 1.72 bits per heavy atom. The van der Waals surface area contributed by atoms with Crippen molar-refractivity contribution in [1.82, 2.24) is 13.5 Å². The number of hydrogen-bond acceptors (Lipinski definition) is 6. The predicted molar refractivity (Wildman–Crippen MR) is 138 cm³/mol. The van der Waals surface area contributed by atoms with E-state index in [0.717, 1.165) is 10.9 Å². The van der Waals surface area contributed by atoms with Gasteiger partial charge in [-0.3, -0.25) is 4.79 Å². The summed E-state index contributed by atoms with van der Waals surface area (Å²) >= 11 is 0. The molecule has 9 heteroatoms. The van der Waals surface area contributed by atoms with Crippen LogP contribution in [0.1, 0.15) is 22.8 Å². The smallest absolute Gasteiger partial charge is 0.337 e. The third-order valence-corrected chi connectivity index (χ3v) is 8.07. The molecule has 5 aromatic rings. The van der Waals surface area contributed by atoms with Crippen LogP contribution in [0, 0.1) is 0 Å². The van der Waals surface area contributed by atoms with E-state index in [1.807, 2.05) is 6.92 Å². The fourth-order valence-corrected chi connectivity index (χ4v) is 5.92. The monoisotopic (exact) mass is 501 g/mol. The zero-order chi connectivity index (χ0) is 25.6. The summed E-state index contributed by atoms with van der Waals surface area (Å²) in [7, 11) is -0.883. The normalized spacial score (nSPS) is 11.8. The highest BCUT2D eigenvalue weighted by Gasteiger charge is 2.23. The van der Waals surface area contributed by atoms with Gasteiger partial charge >= 0.3 is 5.97 Å². The molecular weight excluding hydrogens is 478 g/mol. The highest BCUT2D eigenvalue weighted by molar-refractivity contribution is 7.90. The van der Waals surface area contributed by atoms with Crippen molar-refractivity contribution in [3.8, 4) is 11.1 Å². The fraction of sp³-hybridized carbons (Fsp3) is 0.148. The van der Waals surface area contributed by atoms with E-state index in [2.05, 4.69) is 4.98 Å². The van der Waals surface area contributed by atoms with Gasteiger partial charge in [-0.1, -0.05) is 37.3 Å². The molecule has 0 spiro atoms. The van der Waals surface area contributed by atoms with Gasteiger partial charge in [0.05, 0.1) is 34.8 Å². The van der Waals surface area contributed by atoms with E-state index < -0.39 is 16.0 Å². The van der Waals surface area contributed by atoms with Crippen molar-refractivity contribution in [2.24, 2.45) is 7.05 Å². The average Bonchev–Trinajstić information content (AvgIpc) is 3.36. The molecule has 0 fully saturated rings. The molecule has 0 bridgehead atoms. The number of rotatable bonds is 5. The van der Waals surface area contributed by atoms with Crippen molar-refractivity contribution in [3.05, 3.63) is 94.5 Å². The van der Waals surface area contributed by atoms with E-state index >= 15 is 0 Å². The van der Waals surface area contributed by atoms with E-state index in [1.54, 1.807) is 73.9 Å². The van der Waals surface area contributed by atoms with Gasteiger partial charge in [0, 0.05) is 24.0 Å². The van der Waals surface area contributed by atoms with Crippen molar-refractivity contribution >= 4 is 37.9 Å². The molecule has 5 rings (SSSR count). The molecule has 0 aliphatic heterocycles. The minimum absolute atomic E-state index is 0.159. The van der Waals surface area contributed by atoms with Gasteiger partial charge in [0.25, 0.3) is 15.6 Å². The summed E-state index contributed by atoms with van der Waals surface area (Å²) in [6, 6.07) is 16.6. The van der Waals surface area contributed by atoms with Crippen LogP contribution in [0.5, 0.6) is 0 Å². The molecule has 0 radical (unpaired) electrons. The van der Waals surface area contributed by atoms with Gasteiger partial charge in [0.2, 0.25) is 0 Å². The maximum absolute atomic E-state index is 13.5. The lowest BCUT2D eigenvalue weighted by Gasteiger charge is -2.16. The van der Waals surface area contributed by atoms with Gasteiger partial charge in [-0.25, -0.2) is 22.2 Å². The SMILES string of the molecule is CCc1c(-c2ccc(C(=O)OC)cc2)c(=O)n(C)c2cnc3c(ccn3S(=O)(=O)c3ccccc3)c12. The van der Waals surface area contributed by atoms with Crippen LogP contribution >= 0.6 is 0 Å². The number of carbonyl (C=O) groups is 1. The van der Waals surface area contributed by atoms with Gasteiger partial charge in [0.15, 0.2) is 5.65 Å². The molecule has 8 nitrogen and oxygen atoms in total. The van der Waals surface area contributed by atoms with E-state index in [-0.39, 0.29) is 16.1 Å². The number of carbonyl (C=O) groups excluding carboxylic acids is 1. The summed E-state index contributed by atoms with van der Waals surface area (Å²) in [4.78, 5) is 29.9. The first-order valence-electron chi connectivity index (χ1n) is 11.3. The maximum atomic E-state index is 13.5. The molecule has 0 aliphatic carbocycles. The third kappa shape index (κ3) is 3.51. The molecule has 3 aromatic heterocycles. The van der Waals surface area contributed by atoms with Gasteiger partial charge in [-0.15, -0.1) is 0 Å². The van der Waals surface area contributed by atoms with Gasteiger partial charge in [-0.05, 0) is 47.9 Å². The van der Waals surface area contributed by atoms with Gasteiger partial charge < -0.3 is 9.30 Å². The zero-order valence-electron chi connectivity index (χ0n) is 19.9. The summed E-state index contributed by atoms with van der Waals surface area (Å²) in [5, 5.41) is 1.39. The number of aryl methyl sites for hydroxylation is 2. The summed E-state index contributed by atoms with van der Waals surface area (Å²) in [5.74, 6) is -0.461. The summed E-state index contributed by atoms with van der Waals surface area (Å²) in [6.45, 7) is 1.95. The molecule has 0 saturated carbocycles. The van der Waals surface area contributed by atoms with Crippen LogP contribution in [0.25, 0.3) is 33.1 Å². The highest BCUT2D eigenvalue weighted by atomic mass is 32.2. The van der Waals surface area contributed by atoms with Gasteiger partial charge in [0.1, 0.15) is 0 Å². The maximum Gasteiger partial charge on any atom is 0.337 e. The summed E-state index contributed by atoms with van der Waals surface area (Å²) in [5.41, 5.74) is 3.00. The molecule has 0 atom stereocenters. The van der Waals surface area contributed by atoms with Crippen LogP contribution in [-0.2, 0) is 28.2 Å². The Labute approximate surface area is 207 Å². The number of hydrogen-bond donors (Lipinski definition) is 0. The van der Waals surface area contributed by atoms with Crippen molar-refractivity contribution < 1.29 is 17.9 Å². The Morgan fingerprint density at radius 1 is 1.03 bits per heavy atom. The number of ether oxygens (including phenoxy) is 1. The molecule has 0 unspecified atom stereocenters. The number of benzene rings is 2. The molecular formula is C27H23N3O5S. The molecule has 36 heavy (non-hydrogen) atoms.